The first-order valence-electron chi connectivity index (χ1n) is 5.37. The number of rotatable bonds is 3. The summed E-state index contributed by atoms with van der Waals surface area (Å²) in [5, 5.41) is 5.90. The average Bonchev–Trinajstić information content (AvgIpc) is 2.34. The summed E-state index contributed by atoms with van der Waals surface area (Å²) < 4.78 is 13.5. The van der Waals surface area contributed by atoms with Crippen LogP contribution in [0.15, 0.2) is 36.4 Å². The van der Waals surface area contributed by atoms with Gasteiger partial charge in [-0.1, -0.05) is 12.1 Å². The second-order valence-corrected chi connectivity index (χ2v) is 3.77. The average molecular weight is 231 g/mol. The number of anilines is 3. The van der Waals surface area contributed by atoms with Crippen molar-refractivity contribution in [2.24, 2.45) is 0 Å². The van der Waals surface area contributed by atoms with E-state index in [1.807, 2.05) is 19.1 Å². The lowest BCUT2D eigenvalue weighted by atomic mass is 10.2. The van der Waals surface area contributed by atoms with E-state index in [4.69, 9.17) is 0 Å². The highest BCUT2D eigenvalue weighted by Gasteiger charge is 2.03. The van der Waals surface area contributed by atoms with Crippen molar-refractivity contribution < 1.29 is 4.39 Å². The summed E-state index contributed by atoms with van der Waals surface area (Å²) in [7, 11) is 1.79. The van der Waals surface area contributed by atoms with E-state index in [2.05, 4.69) is 15.6 Å². The zero-order chi connectivity index (χ0) is 12.3. The minimum Gasteiger partial charge on any atom is -0.373 e. The molecule has 1 aromatic carbocycles. The molecule has 0 spiro atoms. The fraction of sp³-hybridized carbons (Fsp3) is 0.154. The number of benzene rings is 1. The van der Waals surface area contributed by atoms with Gasteiger partial charge in [-0.3, -0.25) is 0 Å². The van der Waals surface area contributed by atoms with Crippen molar-refractivity contribution in [2.45, 2.75) is 6.92 Å². The molecule has 4 heteroatoms. The Hall–Kier alpha value is -2.10. The molecule has 0 bridgehead atoms. The van der Waals surface area contributed by atoms with Crippen LogP contribution in [0.5, 0.6) is 0 Å². The molecule has 0 amide bonds. The quantitative estimate of drug-likeness (QED) is 0.850. The lowest BCUT2D eigenvalue weighted by molar-refractivity contribution is 0.631. The Labute approximate surface area is 99.7 Å². The van der Waals surface area contributed by atoms with Crippen LogP contribution in [0.4, 0.5) is 21.7 Å². The lowest BCUT2D eigenvalue weighted by Gasteiger charge is -2.08. The summed E-state index contributed by atoms with van der Waals surface area (Å²) in [6, 6.07) is 10.4. The molecule has 3 nitrogen and oxygen atoms in total. The van der Waals surface area contributed by atoms with E-state index in [1.165, 1.54) is 6.07 Å². The summed E-state index contributed by atoms with van der Waals surface area (Å²) in [6.07, 6.45) is 0. The van der Waals surface area contributed by atoms with Gasteiger partial charge in [-0.05, 0) is 36.8 Å². The van der Waals surface area contributed by atoms with Gasteiger partial charge in [0.05, 0.1) is 5.69 Å². The minimum absolute atomic E-state index is 0.285. The van der Waals surface area contributed by atoms with Gasteiger partial charge in [-0.2, -0.15) is 0 Å². The molecule has 0 atom stereocenters. The molecule has 2 rings (SSSR count). The normalized spacial score (nSPS) is 10.1. The van der Waals surface area contributed by atoms with Crippen molar-refractivity contribution in [3.63, 3.8) is 0 Å². The van der Waals surface area contributed by atoms with Gasteiger partial charge in [0, 0.05) is 7.05 Å². The summed E-state index contributed by atoms with van der Waals surface area (Å²) >= 11 is 0. The molecule has 0 aliphatic carbocycles. The Kier molecular flexibility index (Phi) is 3.23. The third-order valence-corrected chi connectivity index (χ3v) is 2.39. The third-order valence-electron chi connectivity index (χ3n) is 2.39. The van der Waals surface area contributed by atoms with Crippen LogP contribution in [0, 0.1) is 12.7 Å². The zero-order valence-corrected chi connectivity index (χ0v) is 9.79. The molecule has 2 N–H and O–H groups in total. The highest BCUT2D eigenvalue weighted by Crippen LogP contribution is 2.20. The van der Waals surface area contributed by atoms with Crippen LogP contribution < -0.4 is 10.6 Å². The van der Waals surface area contributed by atoms with E-state index < -0.39 is 0 Å². The summed E-state index contributed by atoms with van der Waals surface area (Å²) in [5.41, 5.74) is 1.43. The largest absolute Gasteiger partial charge is 0.373 e. The number of hydrogen-bond acceptors (Lipinski definition) is 3. The van der Waals surface area contributed by atoms with Gasteiger partial charge in [-0.25, -0.2) is 9.37 Å². The number of halogens is 1. The van der Waals surface area contributed by atoms with Crippen LogP contribution in [-0.4, -0.2) is 12.0 Å². The van der Waals surface area contributed by atoms with Gasteiger partial charge < -0.3 is 10.6 Å². The minimum atomic E-state index is -0.285. The van der Waals surface area contributed by atoms with Crippen LogP contribution in [0.3, 0.4) is 0 Å². The van der Waals surface area contributed by atoms with E-state index in [0.29, 0.717) is 11.5 Å². The molecule has 0 aliphatic heterocycles. The molecule has 88 valence electrons. The van der Waals surface area contributed by atoms with Crippen LogP contribution in [-0.2, 0) is 0 Å². The van der Waals surface area contributed by atoms with E-state index in [-0.39, 0.29) is 5.82 Å². The van der Waals surface area contributed by atoms with Crippen molar-refractivity contribution in [1.29, 1.82) is 0 Å². The highest BCUT2D eigenvalue weighted by molar-refractivity contribution is 5.59. The summed E-state index contributed by atoms with van der Waals surface area (Å²) in [4.78, 5) is 4.27. The first kappa shape index (κ1) is 11.4. The Bertz CT molecular complexity index is 526. The van der Waals surface area contributed by atoms with E-state index in [1.54, 1.807) is 25.2 Å². The number of aromatic nitrogens is 1. The Morgan fingerprint density at radius 2 is 1.88 bits per heavy atom. The molecule has 1 aromatic heterocycles. The van der Waals surface area contributed by atoms with Crippen molar-refractivity contribution in [3.8, 4) is 0 Å². The maximum Gasteiger partial charge on any atom is 0.146 e. The number of nitrogens with one attached hydrogen (secondary N) is 2. The van der Waals surface area contributed by atoms with Crippen LogP contribution >= 0.6 is 0 Å². The van der Waals surface area contributed by atoms with E-state index in [0.717, 1.165) is 11.4 Å². The van der Waals surface area contributed by atoms with Gasteiger partial charge in [0.2, 0.25) is 0 Å². The second kappa shape index (κ2) is 4.82. The first-order chi connectivity index (χ1) is 8.19. The predicted molar refractivity (Wildman–Crippen MR) is 68.2 cm³/mol. The fourth-order valence-electron chi connectivity index (χ4n) is 1.52. The maximum atomic E-state index is 13.5. The monoisotopic (exact) mass is 231 g/mol. The third kappa shape index (κ3) is 2.72. The van der Waals surface area contributed by atoms with Gasteiger partial charge in [-0.15, -0.1) is 0 Å². The molecule has 0 aliphatic rings. The molecule has 0 fully saturated rings. The Morgan fingerprint density at radius 1 is 1.12 bits per heavy atom. The second-order valence-electron chi connectivity index (χ2n) is 3.77. The van der Waals surface area contributed by atoms with Crippen molar-refractivity contribution in [2.75, 3.05) is 17.7 Å². The topological polar surface area (TPSA) is 37.0 Å². The van der Waals surface area contributed by atoms with E-state index >= 15 is 0 Å². The molecule has 0 radical (unpaired) electrons. The van der Waals surface area contributed by atoms with Gasteiger partial charge in [0.1, 0.15) is 17.5 Å². The smallest absolute Gasteiger partial charge is 0.146 e. The molecular weight excluding hydrogens is 217 g/mol. The van der Waals surface area contributed by atoms with Crippen molar-refractivity contribution in [1.82, 2.24) is 4.98 Å². The van der Waals surface area contributed by atoms with Gasteiger partial charge >= 0.3 is 0 Å². The lowest BCUT2D eigenvalue weighted by Crippen LogP contribution is -1.99. The zero-order valence-electron chi connectivity index (χ0n) is 9.79. The van der Waals surface area contributed by atoms with Gasteiger partial charge in [0.15, 0.2) is 0 Å². The SMILES string of the molecule is CNc1cccc(Nc2cc(C)ccc2F)n1. The molecule has 0 unspecified atom stereocenters. The molecule has 0 saturated carbocycles. The standard InChI is InChI=1S/C13H14FN3/c1-9-6-7-10(14)11(8-9)16-13-5-3-4-12(15-2)17-13/h3-8H,1-2H3,(H2,15,16,17). The first-order valence-corrected chi connectivity index (χ1v) is 5.37. The number of hydrogen-bond donors (Lipinski definition) is 2. The number of aryl methyl sites for hydroxylation is 1. The number of pyridine rings is 1. The molecule has 2 aromatic rings. The van der Waals surface area contributed by atoms with Crippen LogP contribution in [0.25, 0.3) is 0 Å². The van der Waals surface area contributed by atoms with Crippen molar-refractivity contribution >= 4 is 17.3 Å². The molecule has 1 heterocycles. The molecular formula is C13H14FN3. The van der Waals surface area contributed by atoms with Crippen LogP contribution in [0.2, 0.25) is 0 Å². The van der Waals surface area contributed by atoms with Crippen LogP contribution in [0.1, 0.15) is 5.56 Å². The maximum absolute atomic E-state index is 13.5. The Balaban J connectivity index is 2.27. The summed E-state index contributed by atoms with van der Waals surface area (Å²) in [5.74, 6) is 1.07. The Morgan fingerprint density at radius 3 is 2.65 bits per heavy atom. The van der Waals surface area contributed by atoms with E-state index in [9.17, 15) is 4.39 Å². The van der Waals surface area contributed by atoms with Gasteiger partial charge in [0.25, 0.3) is 0 Å². The summed E-state index contributed by atoms with van der Waals surface area (Å²) in [6.45, 7) is 1.92. The number of nitrogens with zero attached hydrogens (tertiary/aromatic N) is 1. The molecule has 17 heavy (non-hydrogen) atoms. The predicted octanol–water partition coefficient (Wildman–Crippen LogP) is 3.31. The fourth-order valence-corrected chi connectivity index (χ4v) is 1.52. The molecule has 0 saturated heterocycles. The highest BCUT2D eigenvalue weighted by atomic mass is 19.1. The van der Waals surface area contributed by atoms with Crippen molar-refractivity contribution in [3.05, 3.63) is 47.8 Å².